The van der Waals surface area contributed by atoms with E-state index in [2.05, 4.69) is 25.3 Å². The van der Waals surface area contributed by atoms with Crippen LogP contribution in [-0.4, -0.2) is 24.5 Å². The molecule has 0 atom stereocenters. The molecule has 4 aromatic heterocycles. The lowest BCUT2D eigenvalue weighted by Crippen LogP contribution is -2.09. The van der Waals surface area contributed by atoms with E-state index in [4.69, 9.17) is 0 Å². The average molecular weight is 452 g/mol. The molecule has 0 aliphatic rings. The number of aryl methyl sites for hydroxylation is 2. The molecule has 0 radical (unpaired) electrons. The quantitative estimate of drug-likeness (QED) is 0.415. The highest BCUT2D eigenvalue weighted by Gasteiger charge is 2.33. The third kappa shape index (κ3) is 4.07. The standard InChI is InChI=1S/C20H14F6N6/c1-10-8-12-16(29-15-9-11(6-7-27-15)19(21,22)23)30-17(31-18(12)32(10)2)13-4-3-5-14(28-13)20(24,25)26/h3-9H,1-2H3,(H,27,29,30,31). The molecule has 4 aromatic rings. The van der Waals surface area contributed by atoms with Crippen LogP contribution in [0.2, 0.25) is 0 Å². The third-order valence-corrected chi connectivity index (χ3v) is 4.73. The number of nitrogens with zero attached hydrogens (tertiary/aromatic N) is 5. The van der Waals surface area contributed by atoms with E-state index in [0.717, 1.165) is 30.1 Å². The van der Waals surface area contributed by atoms with Crippen LogP contribution in [0.4, 0.5) is 38.0 Å². The van der Waals surface area contributed by atoms with Crippen LogP contribution in [0.3, 0.4) is 0 Å². The summed E-state index contributed by atoms with van der Waals surface area (Å²) in [5, 5.41) is 3.19. The van der Waals surface area contributed by atoms with Crippen LogP contribution in [0.1, 0.15) is 17.0 Å². The maximum atomic E-state index is 13.1. The van der Waals surface area contributed by atoms with Crippen molar-refractivity contribution in [3.05, 3.63) is 59.5 Å². The molecule has 0 aliphatic carbocycles. The molecule has 0 spiro atoms. The van der Waals surface area contributed by atoms with E-state index < -0.39 is 23.6 Å². The number of hydrogen-bond donors (Lipinski definition) is 1. The minimum Gasteiger partial charge on any atom is -0.333 e. The first kappa shape index (κ1) is 21.5. The van der Waals surface area contributed by atoms with Crippen molar-refractivity contribution in [1.29, 1.82) is 0 Å². The van der Waals surface area contributed by atoms with Crippen LogP contribution in [0.25, 0.3) is 22.6 Å². The molecule has 0 fully saturated rings. The number of aromatic nitrogens is 5. The van der Waals surface area contributed by atoms with E-state index in [1.807, 2.05) is 0 Å². The molecular weight excluding hydrogens is 438 g/mol. The van der Waals surface area contributed by atoms with Gasteiger partial charge >= 0.3 is 12.4 Å². The van der Waals surface area contributed by atoms with Gasteiger partial charge in [0.2, 0.25) is 0 Å². The van der Waals surface area contributed by atoms with Gasteiger partial charge in [-0.15, -0.1) is 0 Å². The summed E-state index contributed by atoms with van der Waals surface area (Å²) in [6, 6.07) is 6.65. The SMILES string of the molecule is Cc1cc2c(Nc3cc(C(F)(F)F)ccn3)nc(-c3cccc(C(F)(F)F)n3)nc2n1C. The smallest absolute Gasteiger partial charge is 0.333 e. The second-order valence-corrected chi connectivity index (χ2v) is 6.94. The molecule has 0 saturated heterocycles. The van der Waals surface area contributed by atoms with Crippen molar-refractivity contribution in [2.75, 3.05) is 5.32 Å². The highest BCUT2D eigenvalue weighted by Crippen LogP contribution is 2.33. The molecule has 0 amide bonds. The Morgan fingerprint density at radius 2 is 1.66 bits per heavy atom. The van der Waals surface area contributed by atoms with Gasteiger partial charge in [-0.3, -0.25) is 0 Å². The molecule has 0 aliphatic heterocycles. The number of anilines is 2. The first-order valence-electron chi connectivity index (χ1n) is 9.12. The van der Waals surface area contributed by atoms with E-state index in [-0.39, 0.29) is 23.2 Å². The zero-order chi connectivity index (χ0) is 23.3. The van der Waals surface area contributed by atoms with Gasteiger partial charge in [-0.05, 0) is 37.3 Å². The maximum absolute atomic E-state index is 13.1. The monoisotopic (exact) mass is 452 g/mol. The summed E-state index contributed by atoms with van der Waals surface area (Å²) in [5.74, 6) is -0.178. The van der Waals surface area contributed by atoms with Crippen LogP contribution in [0, 0.1) is 6.92 Å². The maximum Gasteiger partial charge on any atom is 0.433 e. The Morgan fingerprint density at radius 1 is 0.906 bits per heavy atom. The van der Waals surface area contributed by atoms with E-state index in [0.29, 0.717) is 11.0 Å². The minimum absolute atomic E-state index is 0.0831. The van der Waals surface area contributed by atoms with Crippen LogP contribution >= 0.6 is 0 Å². The van der Waals surface area contributed by atoms with Gasteiger partial charge in [0.15, 0.2) is 5.82 Å². The molecule has 4 heterocycles. The van der Waals surface area contributed by atoms with E-state index in [9.17, 15) is 26.3 Å². The minimum atomic E-state index is -4.66. The lowest BCUT2D eigenvalue weighted by Gasteiger charge is -2.12. The topological polar surface area (TPSA) is 68.5 Å². The molecule has 0 unspecified atom stereocenters. The molecule has 0 aromatic carbocycles. The summed E-state index contributed by atoms with van der Waals surface area (Å²) in [4.78, 5) is 16.1. The first-order chi connectivity index (χ1) is 14.9. The Kier molecular flexibility index (Phi) is 5.02. The van der Waals surface area contributed by atoms with Crippen molar-refractivity contribution in [2.24, 2.45) is 7.05 Å². The Labute approximate surface area is 177 Å². The Bertz CT molecular complexity index is 1310. The van der Waals surface area contributed by atoms with E-state index in [1.165, 1.54) is 12.1 Å². The number of halogens is 6. The lowest BCUT2D eigenvalue weighted by atomic mass is 10.2. The van der Waals surface area contributed by atoms with Crippen molar-refractivity contribution in [3.8, 4) is 11.5 Å². The van der Waals surface area contributed by atoms with Gasteiger partial charge in [0, 0.05) is 18.9 Å². The van der Waals surface area contributed by atoms with Gasteiger partial charge in [0.1, 0.15) is 28.7 Å². The van der Waals surface area contributed by atoms with E-state index in [1.54, 1.807) is 24.6 Å². The predicted octanol–water partition coefficient (Wildman–Crippen LogP) is 5.51. The number of nitrogens with one attached hydrogen (secondary N) is 1. The van der Waals surface area contributed by atoms with Crippen molar-refractivity contribution in [3.63, 3.8) is 0 Å². The van der Waals surface area contributed by atoms with Crippen LogP contribution < -0.4 is 5.32 Å². The van der Waals surface area contributed by atoms with Gasteiger partial charge < -0.3 is 9.88 Å². The van der Waals surface area contributed by atoms with Gasteiger partial charge in [-0.25, -0.2) is 19.9 Å². The molecule has 0 saturated carbocycles. The number of fused-ring (bicyclic) bond motifs is 1. The summed E-state index contributed by atoms with van der Waals surface area (Å²) in [5.41, 5.74) is -1.05. The summed E-state index contributed by atoms with van der Waals surface area (Å²) < 4.78 is 80.1. The van der Waals surface area contributed by atoms with Crippen molar-refractivity contribution in [1.82, 2.24) is 24.5 Å². The second-order valence-electron chi connectivity index (χ2n) is 6.94. The van der Waals surface area contributed by atoms with Crippen molar-refractivity contribution >= 4 is 22.7 Å². The summed E-state index contributed by atoms with van der Waals surface area (Å²) in [7, 11) is 1.69. The van der Waals surface area contributed by atoms with Crippen molar-refractivity contribution < 1.29 is 26.3 Å². The molecular formula is C20H14F6N6. The number of rotatable bonds is 3. The third-order valence-electron chi connectivity index (χ3n) is 4.73. The van der Waals surface area contributed by atoms with Gasteiger partial charge in [-0.1, -0.05) is 6.07 Å². The predicted molar refractivity (Wildman–Crippen MR) is 104 cm³/mol. The number of hydrogen-bond acceptors (Lipinski definition) is 5. The van der Waals surface area contributed by atoms with Crippen LogP contribution in [0.15, 0.2) is 42.6 Å². The normalized spacial score (nSPS) is 12.4. The second kappa shape index (κ2) is 7.46. The Morgan fingerprint density at radius 3 is 2.34 bits per heavy atom. The highest BCUT2D eigenvalue weighted by atomic mass is 19.4. The molecule has 1 N–H and O–H groups in total. The fourth-order valence-corrected chi connectivity index (χ4v) is 3.04. The van der Waals surface area contributed by atoms with Gasteiger partial charge in [-0.2, -0.15) is 26.3 Å². The largest absolute Gasteiger partial charge is 0.433 e. The molecule has 6 nitrogen and oxygen atoms in total. The lowest BCUT2D eigenvalue weighted by molar-refractivity contribution is -0.141. The zero-order valence-electron chi connectivity index (χ0n) is 16.5. The Balaban J connectivity index is 1.86. The molecule has 32 heavy (non-hydrogen) atoms. The molecule has 4 rings (SSSR count). The average Bonchev–Trinajstić information content (AvgIpc) is 3.01. The van der Waals surface area contributed by atoms with Crippen LogP contribution in [0.5, 0.6) is 0 Å². The summed E-state index contributed by atoms with van der Waals surface area (Å²) >= 11 is 0. The fraction of sp³-hybridized carbons (Fsp3) is 0.200. The zero-order valence-corrected chi connectivity index (χ0v) is 16.5. The molecule has 0 bridgehead atoms. The summed E-state index contributed by atoms with van der Waals surface area (Å²) in [6.07, 6.45) is -8.24. The summed E-state index contributed by atoms with van der Waals surface area (Å²) in [6.45, 7) is 1.77. The number of pyridine rings is 2. The van der Waals surface area contributed by atoms with Crippen molar-refractivity contribution in [2.45, 2.75) is 19.3 Å². The number of alkyl halides is 6. The fourth-order valence-electron chi connectivity index (χ4n) is 3.04. The first-order valence-corrected chi connectivity index (χ1v) is 9.12. The van der Waals surface area contributed by atoms with Gasteiger partial charge in [0.05, 0.1) is 10.9 Å². The Hall–Kier alpha value is -3.70. The van der Waals surface area contributed by atoms with Gasteiger partial charge in [0.25, 0.3) is 0 Å². The van der Waals surface area contributed by atoms with Crippen LogP contribution in [-0.2, 0) is 19.4 Å². The molecule has 166 valence electrons. The van der Waals surface area contributed by atoms with E-state index >= 15 is 0 Å². The highest BCUT2D eigenvalue weighted by molar-refractivity contribution is 5.91. The molecule has 12 heteroatoms.